The van der Waals surface area contributed by atoms with Gasteiger partial charge in [0.25, 0.3) is 10.0 Å². The zero-order valence-electron chi connectivity index (χ0n) is 19.2. The van der Waals surface area contributed by atoms with Crippen LogP contribution in [0.1, 0.15) is 22.3 Å². The van der Waals surface area contributed by atoms with Crippen LogP contribution in [-0.4, -0.2) is 33.2 Å². The minimum absolute atomic E-state index is 0.158. The summed E-state index contributed by atoms with van der Waals surface area (Å²) in [5, 5.41) is 2.87. The summed E-state index contributed by atoms with van der Waals surface area (Å²) in [5.41, 5.74) is 4.89. The van der Waals surface area contributed by atoms with Gasteiger partial charge in [-0.3, -0.25) is 9.10 Å². The van der Waals surface area contributed by atoms with Gasteiger partial charge in [0.2, 0.25) is 5.91 Å². The summed E-state index contributed by atoms with van der Waals surface area (Å²) in [5.74, 6) is 1.29. The first-order valence-electron chi connectivity index (χ1n) is 10.8. The number of nitrogens with one attached hydrogen (secondary N) is 1. The minimum Gasteiger partial charge on any atom is -0.354 e. The van der Waals surface area contributed by atoms with Crippen LogP contribution in [0.3, 0.4) is 0 Å². The maximum Gasteiger partial charge on any atom is 0.264 e. The summed E-state index contributed by atoms with van der Waals surface area (Å²) < 4.78 is 28.0. The molecule has 0 saturated carbocycles. The molecule has 3 aromatic rings. The van der Waals surface area contributed by atoms with Crippen LogP contribution in [0.2, 0.25) is 0 Å². The molecule has 174 valence electrons. The molecule has 0 saturated heterocycles. The number of hydrogen-bond acceptors (Lipinski definition) is 4. The number of aryl methyl sites for hydroxylation is 3. The molecule has 0 aliphatic rings. The normalized spacial score (nSPS) is 11.2. The Hall–Kier alpha value is -2.77. The smallest absolute Gasteiger partial charge is 0.264 e. The Bertz CT molecular complexity index is 1170. The van der Waals surface area contributed by atoms with E-state index < -0.39 is 10.0 Å². The van der Waals surface area contributed by atoms with Gasteiger partial charge < -0.3 is 5.32 Å². The van der Waals surface area contributed by atoms with Crippen molar-refractivity contribution in [3.05, 3.63) is 95.1 Å². The molecule has 3 rings (SSSR count). The molecule has 0 aliphatic carbocycles. The van der Waals surface area contributed by atoms with E-state index in [-0.39, 0.29) is 17.3 Å². The fourth-order valence-corrected chi connectivity index (χ4v) is 5.89. The van der Waals surface area contributed by atoms with Gasteiger partial charge in [-0.15, -0.1) is 0 Å². The fourth-order valence-electron chi connectivity index (χ4n) is 3.53. The van der Waals surface area contributed by atoms with Gasteiger partial charge in [0.15, 0.2) is 0 Å². The van der Waals surface area contributed by atoms with E-state index in [1.165, 1.54) is 15.4 Å². The summed E-state index contributed by atoms with van der Waals surface area (Å²) in [6.07, 6.45) is 0. The zero-order valence-corrected chi connectivity index (χ0v) is 20.9. The maximum atomic E-state index is 13.4. The molecule has 1 N–H and O–H groups in total. The molecule has 33 heavy (non-hydrogen) atoms. The number of rotatable bonds is 10. The minimum atomic E-state index is -3.89. The SMILES string of the molecule is Cc1cc(C)cc(N(CC(=O)NCCSCc2ccccc2C)S(=O)(=O)c2ccccc2)c1. The van der Waals surface area contributed by atoms with Crippen LogP contribution in [0.25, 0.3) is 0 Å². The molecule has 3 aromatic carbocycles. The van der Waals surface area contributed by atoms with Gasteiger partial charge >= 0.3 is 0 Å². The van der Waals surface area contributed by atoms with E-state index in [0.717, 1.165) is 22.6 Å². The third kappa shape index (κ3) is 6.85. The average Bonchev–Trinajstić information content (AvgIpc) is 2.78. The van der Waals surface area contributed by atoms with Gasteiger partial charge in [-0.1, -0.05) is 48.5 Å². The zero-order chi connectivity index (χ0) is 23.8. The number of anilines is 1. The van der Waals surface area contributed by atoms with E-state index in [9.17, 15) is 13.2 Å². The van der Waals surface area contributed by atoms with Crippen LogP contribution in [0.5, 0.6) is 0 Å². The van der Waals surface area contributed by atoms with Crippen LogP contribution in [0.15, 0.2) is 77.7 Å². The molecule has 7 heteroatoms. The number of hydrogen-bond donors (Lipinski definition) is 1. The van der Waals surface area contributed by atoms with E-state index in [4.69, 9.17) is 0 Å². The summed E-state index contributed by atoms with van der Waals surface area (Å²) in [4.78, 5) is 12.9. The fraction of sp³-hybridized carbons (Fsp3) is 0.269. The number of nitrogens with zero attached hydrogens (tertiary/aromatic N) is 1. The molecule has 0 radical (unpaired) electrons. The first-order chi connectivity index (χ1) is 15.8. The molecule has 0 atom stereocenters. The second kappa shape index (κ2) is 11.4. The molecule has 0 unspecified atom stereocenters. The van der Waals surface area contributed by atoms with Crippen molar-refractivity contribution in [1.29, 1.82) is 0 Å². The second-order valence-corrected chi connectivity index (χ2v) is 11.0. The molecule has 0 spiro atoms. The predicted octanol–water partition coefficient (Wildman–Crippen LogP) is 4.86. The van der Waals surface area contributed by atoms with Gasteiger partial charge in [-0.25, -0.2) is 8.42 Å². The van der Waals surface area contributed by atoms with Crippen LogP contribution in [-0.2, 0) is 20.6 Å². The molecule has 5 nitrogen and oxygen atoms in total. The van der Waals surface area contributed by atoms with E-state index in [0.29, 0.717) is 12.2 Å². The highest BCUT2D eigenvalue weighted by Gasteiger charge is 2.27. The van der Waals surface area contributed by atoms with Gasteiger partial charge in [0, 0.05) is 18.1 Å². The topological polar surface area (TPSA) is 66.5 Å². The van der Waals surface area contributed by atoms with Crippen molar-refractivity contribution in [1.82, 2.24) is 5.32 Å². The number of amides is 1. The maximum absolute atomic E-state index is 13.4. The number of sulfonamides is 1. The quantitative estimate of drug-likeness (QED) is 0.419. The molecular formula is C26H30N2O3S2. The summed E-state index contributed by atoms with van der Waals surface area (Å²) in [6, 6.07) is 22.0. The summed E-state index contributed by atoms with van der Waals surface area (Å²) in [7, 11) is -3.89. The van der Waals surface area contributed by atoms with Gasteiger partial charge in [0.1, 0.15) is 6.54 Å². The lowest BCUT2D eigenvalue weighted by Crippen LogP contribution is -2.41. The molecule has 0 fully saturated rings. The first kappa shape index (κ1) is 24.9. The largest absolute Gasteiger partial charge is 0.354 e. The summed E-state index contributed by atoms with van der Waals surface area (Å²) in [6.45, 7) is 6.11. The molecular weight excluding hydrogens is 452 g/mol. The molecule has 0 heterocycles. The lowest BCUT2D eigenvalue weighted by Gasteiger charge is -2.25. The monoisotopic (exact) mass is 482 g/mol. The Kier molecular flexibility index (Phi) is 8.58. The van der Waals surface area contributed by atoms with Crippen LogP contribution in [0.4, 0.5) is 5.69 Å². The first-order valence-corrected chi connectivity index (χ1v) is 13.4. The van der Waals surface area contributed by atoms with E-state index in [2.05, 4.69) is 24.4 Å². The summed E-state index contributed by atoms with van der Waals surface area (Å²) >= 11 is 1.74. The van der Waals surface area contributed by atoms with Crippen molar-refractivity contribution in [2.24, 2.45) is 0 Å². The molecule has 0 aliphatic heterocycles. The number of carbonyl (C=O) groups excluding carboxylic acids is 1. The van der Waals surface area contributed by atoms with Crippen molar-refractivity contribution >= 4 is 33.4 Å². The second-order valence-electron chi connectivity index (χ2n) is 8.00. The molecule has 1 amide bonds. The lowest BCUT2D eigenvalue weighted by atomic mass is 10.1. The highest BCUT2D eigenvalue weighted by Crippen LogP contribution is 2.25. The standard InChI is InChI=1S/C26H30N2O3S2/c1-20-15-21(2)17-24(16-20)28(33(30,31)25-11-5-4-6-12-25)18-26(29)27-13-14-32-19-23-10-8-7-9-22(23)3/h4-12,15-17H,13-14,18-19H2,1-3H3,(H,27,29). The number of thioether (sulfide) groups is 1. The van der Waals surface area contributed by atoms with Crippen LogP contribution in [0, 0.1) is 20.8 Å². The van der Waals surface area contributed by atoms with Crippen molar-refractivity contribution in [2.75, 3.05) is 23.1 Å². The van der Waals surface area contributed by atoms with Gasteiger partial charge in [-0.2, -0.15) is 11.8 Å². The van der Waals surface area contributed by atoms with Crippen LogP contribution < -0.4 is 9.62 Å². The highest BCUT2D eigenvalue weighted by molar-refractivity contribution is 7.98. The Morgan fingerprint density at radius 3 is 2.21 bits per heavy atom. The van der Waals surface area contributed by atoms with Crippen molar-refractivity contribution in [3.8, 4) is 0 Å². The van der Waals surface area contributed by atoms with Gasteiger partial charge in [0.05, 0.1) is 10.6 Å². The predicted molar refractivity (Wildman–Crippen MR) is 137 cm³/mol. The lowest BCUT2D eigenvalue weighted by molar-refractivity contribution is -0.119. The van der Waals surface area contributed by atoms with Gasteiger partial charge in [-0.05, 0) is 67.3 Å². The van der Waals surface area contributed by atoms with E-state index in [1.54, 1.807) is 54.2 Å². The van der Waals surface area contributed by atoms with E-state index in [1.807, 2.05) is 32.0 Å². The number of carbonyl (C=O) groups is 1. The third-order valence-electron chi connectivity index (χ3n) is 5.20. The molecule has 0 aromatic heterocycles. The van der Waals surface area contributed by atoms with Crippen molar-refractivity contribution in [2.45, 2.75) is 31.4 Å². The average molecular weight is 483 g/mol. The van der Waals surface area contributed by atoms with Crippen LogP contribution >= 0.6 is 11.8 Å². The Morgan fingerprint density at radius 2 is 1.55 bits per heavy atom. The molecule has 0 bridgehead atoms. The third-order valence-corrected chi connectivity index (χ3v) is 8.00. The highest BCUT2D eigenvalue weighted by atomic mass is 32.2. The van der Waals surface area contributed by atoms with E-state index >= 15 is 0 Å². The Morgan fingerprint density at radius 1 is 0.909 bits per heavy atom. The van der Waals surface area contributed by atoms with Crippen molar-refractivity contribution in [3.63, 3.8) is 0 Å². The Labute approximate surface area is 201 Å². The Balaban J connectivity index is 1.67. The number of benzene rings is 3. The van der Waals surface area contributed by atoms with Crippen molar-refractivity contribution < 1.29 is 13.2 Å².